The number of nitrogens with one attached hydrogen (secondary N) is 2. The van der Waals surface area contributed by atoms with Gasteiger partial charge in [-0.25, -0.2) is 0 Å². The van der Waals surface area contributed by atoms with Crippen molar-refractivity contribution in [3.8, 4) is 11.3 Å². The molecule has 0 atom stereocenters. The Kier molecular flexibility index (Phi) is 3.53. The molecule has 1 heterocycles. The first-order chi connectivity index (χ1) is 8.50. The molecule has 0 aliphatic rings. The molecule has 2 N–H and O–H groups in total. The van der Waals surface area contributed by atoms with Crippen LogP contribution in [0.25, 0.3) is 11.3 Å². The van der Waals surface area contributed by atoms with E-state index in [2.05, 4.69) is 66.6 Å². The molecule has 2 aromatic rings. The Morgan fingerprint density at radius 3 is 2.39 bits per heavy atom. The SMILES string of the molecule is CNCc1cc(-c2ccc(C(C)(C)C)cc2)n[nH]1. The second-order valence-corrected chi connectivity index (χ2v) is 5.64. The van der Waals surface area contributed by atoms with Crippen LogP contribution in [0.2, 0.25) is 0 Å². The lowest BCUT2D eigenvalue weighted by atomic mass is 9.86. The zero-order valence-electron chi connectivity index (χ0n) is 11.5. The first kappa shape index (κ1) is 12.8. The molecule has 0 saturated heterocycles. The van der Waals surface area contributed by atoms with Gasteiger partial charge in [-0.05, 0) is 24.1 Å². The number of hydrogen-bond acceptors (Lipinski definition) is 2. The van der Waals surface area contributed by atoms with Gasteiger partial charge in [0.25, 0.3) is 0 Å². The molecule has 0 saturated carbocycles. The van der Waals surface area contributed by atoms with E-state index in [1.54, 1.807) is 0 Å². The molecule has 0 spiro atoms. The van der Waals surface area contributed by atoms with E-state index in [1.165, 1.54) is 5.56 Å². The molecule has 2 rings (SSSR count). The Hall–Kier alpha value is -1.61. The maximum absolute atomic E-state index is 4.33. The summed E-state index contributed by atoms with van der Waals surface area (Å²) in [6, 6.07) is 10.7. The Labute approximate surface area is 109 Å². The van der Waals surface area contributed by atoms with E-state index in [0.29, 0.717) is 0 Å². The molecule has 0 radical (unpaired) electrons. The van der Waals surface area contributed by atoms with E-state index in [1.807, 2.05) is 7.05 Å². The molecular weight excluding hydrogens is 222 g/mol. The lowest BCUT2D eigenvalue weighted by molar-refractivity contribution is 0.590. The molecule has 3 nitrogen and oxygen atoms in total. The first-order valence-electron chi connectivity index (χ1n) is 6.30. The number of benzene rings is 1. The summed E-state index contributed by atoms with van der Waals surface area (Å²) in [6.45, 7) is 7.48. The Balaban J connectivity index is 2.23. The van der Waals surface area contributed by atoms with Crippen LogP contribution in [0.1, 0.15) is 32.0 Å². The van der Waals surface area contributed by atoms with Gasteiger partial charge in [0, 0.05) is 17.8 Å². The van der Waals surface area contributed by atoms with Gasteiger partial charge in [0.05, 0.1) is 5.69 Å². The quantitative estimate of drug-likeness (QED) is 0.869. The van der Waals surface area contributed by atoms with Gasteiger partial charge in [0.1, 0.15) is 0 Å². The fourth-order valence-corrected chi connectivity index (χ4v) is 1.93. The second-order valence-electron chi connectivity index (χ2n) is 5.64. The van der Waals surface area contributed by atoms with Gasteiger partial charge in [0.2, 0.25) is 0 Å². The van der Waals surface area contributed by atoms with Gasteiger partial charge in [-0.3, -0.25) is 5.10 Å². The third kappa shape index (κ3) is 2.79. The van der Waals surface area contributed by atoms with Crippen LogP contribution in [-0.4, -0.2) is 17.2 Å². The zero-order chi connectivity index (χ0) is 13.2. The van der Waals surface area contributed by atoms with Gasteiger partial charge in [-0.1, -0.05) is 45.0 Å². The first-order valence-corrected chi connectivity index (χ1v) is 6.30. The molecule has 0 unspecified atom stereocenters. The number of H-pyrrole nitrogens is 1. The normalized spacial score (nSPS) is 11.8. The highest BCUT2D eigenvalue weighted by Crippen LogP contribution is 2.25. The number of aromatic nitrogens is 2. The van der Waals surface area contributed by atoms with Crippen LogP contribution in [0.15, 0.2) is 30.3 Å². The standard InChI is InChI=1S/C15H21N3/c1-15(2,3)12-7-5-11(6-8-12)14-9-13(10-16-4)17-18-14/h5-9,16H,10H2,1-4H3,(H,17,18). The molecule has 18 heavy (non-hydrogen) atoms. The number of nitrogens with zero attached hydrogens (tertiary/aromatic N) is 1. The highest BCUT2D eigenvalue weighted by molar-refractivity contribution is 5.59. The van der Waals surface area contributed by atoms with Gasteiger partial charge < -0.3 is 5.32 Å². The van der Waals surface area contributed by atoms with E-state index in [4.69, 9.17) is 0 Å². The second kappa shape index (κ2) is 4.94. The fraction of sp³-hybridized carbons (Fsp3) is 0.400. The molecule has 0 fully saturated rings. The summed E-state index contributed by atoms with van der Waals surface area (Å²) in [4.78, 5) is 0. The van der Waals surface area contributed by atoms with E-state index in [-0.39, 0.29) is 5.41 Å². The summed E-state index contributed by atoms with van der Waals surface area (Å²) in [5.74, 6) is 0. The van der Waals surface area contributed by atoms with Crippen molar-refractivity contribution in [1.29, 1.82) is 0 Å². The van der Waals surface area contributed by atoms with Crippen molar-refractivity contribution in [2.45, 2.75) is 32.7 Å². The maximum Gasteiger partial charge on any atom is 0.0924 e. The molecule has 0 bridgehead atoms. The van der Waals surface area contributed by atoms with Crippen LogP contribution in [-0.2, 0) is 12.0 Å². The van der Waals surface area contributed by atoms with Crippen LogP contribution in [0.3, 0.4) is 0 Å². The van der Waals surface area contributed by atoms with E-state index < -0.39 is 0 Å². The van der Waals surface area contributed by atoms with E-state index in [9.17, 15) is 0 Å². The maximum atomic E-state index is 4.33. The average Bonchev–Trinajstić information content (AvgIpc) is 2.77. The zero-order valence-corrected chi connectivity index (χ0v) is 11.5. The van der Waals surface area contributed by atoms with Crippen LogP contribution in [0.5, 0.6) is 0 Å². The molecule has 1 aromatic heterocycles. The van der Waals surface area contributed by atoms with E-state index >= 15 is 0 Å². The van der Waals surface area contributed by atoms with Crippen molar-refractivity contribution < 1.29 is 0 Å². The van der Waals surface area contributed by atoms with Gasteiger partial charge in [0.15, 0.2) is 0 Å². The number of aromatic amines is 1. The Morgan fingerprint density at radius 2 is 1.83 bits per heavy atom. The van der Waals surface area contributed by atoms with Crippen molar-refractivity contribution in [2.24, 2.45) is 0 Å². The van der Waals surface area contributed by atoms with Crippen molar-refractivity contribution in [3.05, 3.63) is 41.6 Å². The summed E-state index contributed by atoms with van der Waals surface area (Å²) in [5.41, 5.74) is 4.80. The van der Waals surface area contributed by atoms with Gasteiger partial charge in [-0.15, -0.1) is 0 Å². The topological polar surface area (TPSA) is 40.7 Å². The molecule has 0 aliphatic carbocycles. The van der Waals surface area contributed by atoms with Crippen LogP contribution in [0.4, 0.5) is 0 Å². The smallest absolute Gasteiger partial charge is 0.0924 e. The molecule has 0 aliphatic heterocycles. The Bertz CT molecular complexity index is 503. The minimum absolute atomic E-state index is 0.196. The number of rotatable bonds is 3. The lowest BCUT2D eigenvalue weighted by Crippen LogP contribution is -2.10. The summed E-state index contributed by atoms with van der Waals surface area (Å²) >= 11 is 0. The molecule has 3 heteroatoms. The molecule has 96 valence electrons. The summed E-state index contributed by atoms with van der Waals surface area (Å²) < 4.78 is 0. The van der Waals surface area contributed by atoms with Crippen molar-refractivity contribution in [1.82, 2.24) is 15.5 Å². The predicted octanol–water partition coefficient (Wildman–Crippen LogP) is 3.09. The van der Waals surface area contributed by atoms with Crippen LogP contribution >= 0.6 is 0 Å². The molecule has 1 aromatic carbocycles. The molecule has 0 amide bonds. The molecular formula is C15H21N3. The fourth-order valence-electron chi connectivity index (χ4n) is 1.93. The predicted molar refractivity (Wildman–Crippen MR) is 75.5 cm³/mol. The monoisotopic (exact) mass is 243 g/mol. The minimum Gasteiger partial charge on any atom is -0.314 e. The number of hydrogen-bond donors (Lipinski definition) is 2. The minimum atomic E-state index is 0.196. The summed E-state index contributed by atoms with van der Waals surface area (Å²) in [6.07, 6.45) is 0. The van der Waals surface area contributed by atoms with Gasteiger partial charge in [-0.2, -0.15) is 5.10 Å². The van der Waals surface area contributed by atoms with Crippen LogP contribution < -0.4 is 5.32 Å². The third-order valence-electron chi connectivity index (χ3n) is 3.04. The Morgan fingerprint density at radius 1 is 1.17 bits per heavy atom. The highest BCUT2D eigenvalue weighted by Gasteiger charge is 2.13. The lowest BCUT2D eigenvalue weighted by Gasteiger charge is -2.18. The average molecular weight is 243 g/mol. The van der Waals surface area contributed by atoms with Crippen molar-refractivity contribution in [3.63, 3.8) is 0 Å². The van der Waals surface area contributed by atoms with Crippen molar-refractivity contribution >= 4 is 0 Å². The highest BCUT2D eigenvalue weighted by atomic mass is 15.1. The van der Waals surface area contributed by atoms with E-state index in [0.717, 1.165) is 23.5 Å². The largest absolute Gasteiger partial charge is 0.314 e. The van der Waals surface area contributed by atoms with Crippen molar-refractivity contribution in [2.75, 3.05) is 7.05 Å². The van der Waals surface area contributed by atoms with Crippen LogP contribution in [0, 0.1) is 0 Å². The summed E-state index contributed by atoms with van der Waals surface area (Å²) in [7, 11) is 1.93. The third-order valence-corrected chi connectivity index (χ3v) is 3.04. The summed E-state index contributed by atoms with van der Waals surface area (Å²) in [5, 5.41) is 10.5. The van der Waals surface area contributed by atoms with Gasteiger partial charge >= 0.3 is 0 Å².